The number of hydrazine groups is 1. The normalized spacial score (nSPS) is 10.4. The van der Waals surface area contributed by atoms with E-state index in [1.165, 1.54) is 11.8 Å². The number of nitrogens with zero attached hydrogens (tertiary/aromatic N) is 5. The molecule has 3 rings (SSSR count). The SMILES string of the molecule is NNc1nc(Sc2ccccc2)nc(-n2ccnc2)n1. The van der Waals surface area contributed by atoms with Crippen LogP contribution in [-0.4, -0.2) is 24.5 Å². The molecular weight excluding hydrogens is 274 g/mol. The van der Waals surface area contributed by atoms with Gasteiger partial charge in [0, 0.05) is 17.3 Å². The summed E-state index contributed by atoms with van der Waals surface area (Å²) in [4.78, 5) is 17.8. The van der Waals surface area contributed by atoms with Gasteiger partial charge in [0.05, 0.1) is 0 Å². The predicted molar refractivity (Wildman–Crippen MR) is 75.3 cm³/mol. The van der Waals surface area contributed by atoms with E-state index >= 15 is 0 Å². The molecule has 2 heterocycles. The van der Waals surface area contributed by atoms with Crippen molar-refractivity contribution in [3.63, 3.8) is 0 Å². The van der Waals surface area contributed by atoms with E-state index in [-0.39, 0.29) is 0 Å². The van der Waals surface area contributed by atoms with Gasteiger partial charge in [-0.3, -0.25) is 9.99 Å². The first kappa shape index (κ1) is 12.6. The lowest BCUT2D eigenvalue weighted by molar-refractivity contribution is 0.824. The van der Waals surface area contributed by atoms with Crippen LogP contribution in [0.2, 0.25) is 0 Å². The van der Waals surface area contributed by atoms with Crippen molar-refractivity contribution in [1.82, 2.24) is 24.5 Å². The zero-order chi connectivity index (χ0) is 13.8. The smallest absolute Gasteiger partial charge is 0.242 e. The third-order valence-corrected chi connectivity index (χ3v) is 3.29. The molecule has 0 radical (unpaired) electrons. The monoisotopic (exact) mass is 285 g/mol. The molecule has 3 N–H and O–H groups in total. The molecule has 3 aromatic rings. The number of imidazole rings is 1. The van der Waals surface area contributed by atoms with Crippen molar-refractivity contribution in [2.75, 3.05) is 5.43 Å². The van der Waals surface area contributed by atoms with Crippen LogP contribution in [0.4, 0.5) is 5.95 Å². The summed E-state index contributed by atoms with van der Waals surface area (Å²) in [6.45, 7) is 0. The number of nitrogens with one attached hydrogen (secondary N) is 1. The first-order valence-corrected chi connectivity index (χ1v) is 6.61. The molecular formula is C12H11N7S. The standard InChI is InChI=1S/C12H11N7S/c13-18-10-15-11(19-7-6-14-8-19)17-12(16-10)20-9-4-2-1-3-5-9/h1-8H,13H2,(H,15,16,17,18). The van der Waals surface area contributed by atoms with Crippen LogP contribution in [0, 0.1) is 0 Å². The van der Waals surface area contributed by atoms with Crippen LogP contribution in [0.1, 0.15) is 0 Å². The first-order chi connectivity index (χ1) is 9.85. The summed E-state index contributed by atoms with van der Waals surface area (Å²) < 4.78 is 1.69. The highest BCUT2D eigenvalue weighted by atomic mass is 32.2. The van der Waals surface area contributed by atoms with Crippen molar-refractivity contribution in [2.45, 2.75) is 10.1 Å². The molecule has 7 nitrogen and oxygen atoms in total. The van der Waals surface area contributed by atoms with Crippen molar-refractivity contribution in [1.29, 1.82) is 0 Å². The van der Waals surface area contributed by atoms with Gasteiger partial charge in [-0.25, -0.2) is 10.8 Å². The van der Waals surface area contributed by atoms with Gasteiger partial charge in [-0.1, -0.05) is 18.2 Å². The molecule has 0 amide bonds. The number of anilines is 1. The molecule has 2 aromatic heterocycles. The maximum absolute atomic E-state index is 5.40. The van der Waals surface area contributed by atoms with Crippen LogP contribution in [-0.2, 0) is 0 Å². The molecule has 0 atom stereocenters. The zero-order valence-corrected chi connectivity index (χ0v) is 11.2. The molecule has 0 saturated heterocycles. The Balaban J connectivity index is 1.96. The van der Waals surface area contributed by atoms with Gasteiger partial charge in [0.15, 0.2) is 5.16 Å². The number of hydrogen-bond acceptors (Lipinski definition) is 7. The Labute approximate surface area is 119 Å². The average Bonchev–Trinajstić information content (AvgIpc) is 3.02. The highest BCUT2D eigenvalue weighted by Gasteiger charge is 2.08. The third-order valence-electron chi connectivity index (χ3n) is 2.42. The first-order valence-electron chi connectivity index (χ1n) is 5.79. The number of aromatic nitrogens is 5. The van der Waals surface area contributed by atoms with Gasteiger partial charge in [-0.2, -0.15) is 15.0 Å². The second-order valence-electron chi connectivity index (χ2n) is 3.77. The molecule has 0 unspecified atom stereocenters. The lowest BCUT2D eigenvalue weighted by atomic mass is 10.4. The molecule has 100 valence electrons. The van der Waals surface area contributed by atoms with Crippen LogP contribution in [0.15, 0.2) is 59.1 Å². The van der Waals surface area contributed by atoms with E-state index in [1.807, 2.05) is 30.3 Å². The largest absolute Gasteiger partial charge is 0.292 e. The van der Waals surface area contributed by atoms with Crippen molar-refractivity contribution in [2.24, 2.45) is 5.84 Å². The third kappa shape index (κ3) is 2.76. The molecule has 0 bridgehead atoms. The van der Waals surface area contributed by atoms with Crippen LogP contribution < -0.4 is 11.3 Å². The molecule has 0 aliphatic heterocycles. The minimum Gasteiger partial charge on any atom is -0.292 e. The summed E-state index contributed by atoms with van der Waals surface area (Å²) in [7, 11) is 0. The second-order valence-corrected chi connectivity index (χ2v) is 4.81. The van der Waals surface area contributed by atoms with Crippen molar-refractivity contribution in [3.8, 4) is 5.95 Å². The summed E-state index contributed by atoms with van der Waals surface area (Å²) in [6.07, 6.45) is 5.03. The molecule has 0 saturated carbocycles. The topological polar surface area (TPSA) is 94.5 Å². The van der Waals surface area contributed by atoms with E-state index in [1.54, 1.807) is 23.3 Å². The van der Waals surface area contributed by atoms with Crippen molar-refractivity contribution < 1.29 is 0 Å². The van der Waals surface area contributed by atoms with Crippen molar-refractivity contribution >= 4 is 17.7 Å². The number of rotatable bonds is 4. The molecule has 1 aromatic carbocycles. The van der Waals surface area contributed by atoms with Gasteiger partial charge in [-0.15, -0.1) is 0 Å². The van der Waals surface area contributed by atoms with Gasteiger partial charge in [0.1, 0.15) is 6.33 Å². The molecule has 0 fully saturated rings. The van der Waals surface area contributed by atoms with Crippen LogP contribution in [0.25, 0.3) is 5.95 Å². The Morgan fingerprint density at radius 3 is 2.65 bits per heavy atom. The van der Waals surface area contributed by atoms with E-state index < -0.39 is 0 Å². The maximum Gasteiger partial charge on any atom is 0.242 e. The minimum atomic E-state index is 0.308. The number of nitrogen functional groups attached to an aromatic ring is 1. The highest BCUT2D eigenvalue weighted by molar-refractivity contribution is 7.99. The fourth-order valence-corrected chi connectivity index (χ4v) is 2.31. The molecule has 0 spiro atoms. The molecule has 0 aliphatic rings. The number of benzene rings is 1. The fourth-order valence-electron chi connectivity index (χ4n) is 1.54. The Morgan fingerprint density at radius 1 is 1.10 bits per heavy atom. The number of nitrogens with two attached hydrogens (primary N) is 1. The molecule has 8 heteroatoms. The van der Waals surface area contributed by atoms with Gasteiger partial charge >= 0.3 is 0 Å². The minimum absolute atomic E-state index is 0.308. The van der Waals surface area contributed by atoms with Gasteiger partial charge < -0.3 is 0 Å². The second kappa shape index (κ2) is 5.68. The van der Waals surface area contributed by atoms with E-state index in [0.29, 0.717) is 17.1 Å². The fraction of sp³-hybridized carbons (Fsp3) is 0. The Kier molecular flexibility index (Phi) is 3.57. The lowest BCUT2D eigenvalue weighted by Crippen LogP contribution is -2.13. The summed E-state index contributed by atoms with van der Waals surface area (Å²) in [5.41, 5.74) is 2.45. The summed E-state index contributed by atoms with van der Waals surface area (Å²) in [6, 6.07) is 9.85. The lowest BCUT2D eigenvalue weighted by Gasteiger charge is -2.06. The highest BCUT2D eigenvalue weighted by Crippen LogP contribution is 2.25. The van der Waals surface area contributed by atoms with Gasteiger partial charge in [0.2, 0.25) is 11.9 Å². The summed E-state index contributed by atoms with van der Waals surface area (Å²) in [5.74, 6) is 6.17. The van der Waals surface area contributed by atoms with Crippen LogP contribution in [0.3, 0.4) is 0 Å². The van der Waals surface area contributed by atoms with E-state index in [4.69, 9.17) is 5.84 Å². The Morgan fingerprint density at radius 2 is 1.95 bits per heavy atom. The van der Waals surface area contributed by atoms with Crippen LogP contribution >= 0.6 is 11.8 Å². The zero-order valence-electron chi connectivity index (χ0n) is 10.3. The average molecular weight is 285 g/mol. The van der Waals surface area contributed by atoms with E-state index in [0.717, 1.165) is 4.90 Å². The molecule has 0 aliphatic carbocycles. The summed E-state index contributed by atoms with van der Waals surface area (Å²) in [5, 5.41) is 0.558. The predicted octanol–water partition coefficient (Wildman–Crippen LogP) is 1.49. The van der Waals surface area contributed by atoms with Crippen molar-refractivity contribution in [3.05, 3.63) is 49.1 Å². The van der Waals surface area contributed by atoms with E-state index in [2.05, 4.69) is 25.4 Å². The Bertz CT molecular complexity index is 684. The summed E-state index contributed by atoms with van der Waals surface area (Å²) >= 11 is 1.44. The van der Waals surface area contributed by atoms with E-state index in [9.17, 15) is 0 Å². The van der Waals surface area contributed by atoms with Gasteiger partial charge in [-0.05, 0) is 23.9 Å². The maximum atomic E-state index is 5.40. The Hall–Kier alpha value is -2.45. The molecule has 20 heavy (non-hydrogen) atoms. The quantitative estimate of drug-likeness (QED) is 0.554. The van der Waals surface area contributed by atoms with Crippen LogP contribution in [0.5, 0.6) is 0 Å². The van der Waals surface area contributed by atoms with Gasteiger partial charge in [0.25, 0.3) is 0 Å². The number of hydrogen-bond donors (Lipinski definition) is 2.